The minimum atomic E-state index is -0.454. The van der Waals surface area contributed by atoms with E-state index in [4.69, 9.17) is 0 Å². The first-order valence-electron chi connectivity index (χ1n) is 5.75. The highest BCUT2D eigenvalue weighted by Gasteiger charge is 2.06. The van der Waals surface area contributed by atoms with Crippen molar-refractivity contribution in [3.63, 3.8) is 0 Å². The second-order valence-corrected chi connectivity index (χ2v) is 4.01. The van der Waals surface area contributed by atoms with Crippen LogP contribution in [0.2, 0.25) is 0 Å². The van der Waals surface area contributed by atoms with Crippen molar-refractivity contribution in [2.75, 3.05) is 0 Å². The largest absolute Gasteiger partial charge is 0.350 e. The first-order chi connectivity index (χ1) is 9.15. The summed E-state index contributed by atoms with van der Waals surface area (Å²) < 4.78 is 25.9. The van der Waals surface area contributed by atoms with Gasteiger partial charge in [0.25, 0.3) is 0 Å². The van der Waals surface area contributed by atoms with E-state index in [0.29, 0.717) is 5.56 Å². The number of carbonyl (C=O) groups excluding carboxylic acids is 1. The molecule has 1 amide bonds. The van der Waals surface area contributed by atoms with Crippen LogP contribution < -0.4 is 5.32 Å². The summed E-state index contributed by atoms with van der Waals surface area (Å²) >= 11 is 0. The highest BCUT2D eigenvalue weighted by atomic mass is 19.1. The minimum Gasteiger partial charge on any atom is -0.350 e. The average Bonchev–Trinajstić information content (AvgIpc) is 2.40. The number of nitrogens with one attached hydrogen (secondary N) is 1. The summed E-state index contributed by atoms with van der Waals surface area (Å²) in [4.78, 5) is 15.5. The highest BCUT2D eigenvalue weighted by molar-refractivity contribution is 5.78. The smallest absolute Gasteiger partial charge is 0.224 e. The standard InChI is InChI=1S/C14H12F2N2O/c15-11-5-3-10(4-6-11)8-14(19)18-9-13-12(16)2-1-7-17-13/h1-7H,8-9H2,(H,18,19). The Bertz CT molecular complexity index is 570. The number of rotatable bonds is 4. The molecule has 0 atom stereocenters. The van der Waals surface area contributed by atoms with E-state index in [9.17, 15) is 13.6 Å². The molecule has 0 bridgehead atoms. The Balaban J connectivity index is 1.88. The summed E-state index contributed by atoms with van der Waals surface area (Å²) in [5.41, 5.74) is 0.885. The molecule has 0 fully saturated rings. The van der Waals surface area contributed by atoms with Gasteiger partial charge in [-0.2, -0.15) is 0 Å². The maximum Gasteiger partial charge on any atom is 0.224 e. The Morgan fingerprint density at radius 2 is 1.89 bits per heavy atom. The highest BCUT2D eigenvalue weighted by Crippen LogP contribution is 2.04. The number of pyridine rings is 1. The van der Waals surface area contributed by atoms with E-state index >= 15 is 0 Å². The lowest BCUT2D eigenvalue weighted by Gasteiger charge is -2.05. The lowest BCUT2D eigenvalue weighted by molar-refractivity contribution is -0.120. The zero-order chi connectivity index (χ0) is 13.7. The van der Waals surface area contributed by atoms with Crippen molar-refractivity contribution < 1.29 is 13.6 Å². The van der Waals surface area contributed by atoms with Crippen LogP contribution in [0, 0.1) is 11.6 Å². The van der Waals surface area contributed by atoms with Crippen LogP contribution in [0.1, 0.15) is 11.3 Å². The molecule has 0 aliphatic carbocycles. The van der Waals surface area contributed by atoms with Crippen molar-refractivity contribution in [3.8, 4) is 0 Å². The molecule has 0 unspecified atom stereocenters. The number of amides is 1. The lowest BCUT2D eigenvalue weighted by atomic mass is 10.1. The number of aromatic nitrogens is 1. The molecule has 0 aliphatic rings. The lowest BCUT2D eigenvalue weighted by Crippen LogP contribution is -2.25. The Labute approximate surface area is 109 Å². The fourth-order valence-corrected chi connectivity index (χ4v) is 1.58. The molecule has 19 heavy (non-hydrogen) atoms. The van der Waals surface area contributed by atoms with Gasteiger partial charge in [-0.1, -0.05) is 12.1 Å². The number of hydrogen-bond acceptors (Lipinski definition) is 2. The van der Waals surface area contributed by atoms with Crippen molar-refractivity contribution in [1.82, 2.24) is 10.3 Å². The molecule has 98 valence electrons. The van der Waals surface area contributed by atoms with Crippen LogP contribution in [0.25, 0.3) is 0 Å². The van der Waals surface area contributed by atoms with Crippen LogP contribution in [0.15, 0.2) is 42.6 Å². The molecule has 0 spiro atoms. The van der Waals surface area contributed by atoms with Gasteiger partial charge in [-0.25, -0.2) is 8.78 Å². The Hall–Kier alpha value is -2.30. The van der Waals surface area contributed by atoms with Gasteiger partial charge in [0.05, 0.1) is 18.7 Å². The van der Waals surface area contributed by atoms with Gasteiger partial charge in [0, 0.05) is 6.20 Å². The van der Waals surface area contributed by atoms with Crippen LogP contribution >= 0.6 is 0 Å². The molecule has 0 saturated carbocycles. The molecule has 0 aliphatic heterocycles. The van der Waals surface area contributed by atoms with Crippen LogP contribution in [-0.4, -0.2) is 10.9 Å². The van der Waals surface area contributed by atoms with Gasteiger partial charge in [0.1, 0.15) is 11.6 Å². The zero-order valence-electron chi connectivity index (χ0n) is 10.1. The van der Waals surface area contributed by atoms with Gasteiger partial charge in [0.2, 0.25) is 5.91 Å². The van der Waals surface area contributed by atoms with E-state index in [0.717, 1.165) is 0 Å². The molecule has 5 heteroatoms. The monoisotopic (exact) mass is 262 g/mol. The molecule has 3 nitrogen and oxygen atoms in total. The first-order valence-corrected chi connectivity index (χ1v) is 5.75. The van der Waals surface area contributed by atoms with Crippen molar-refractivity contribution in [3.05, 3.63) is 65.5 Å². The third kappa shape index (κ3) is 3.84. The molecule has 2 aromatic rings. The SMILES string of the molecule is O=C(Cc1ccc(F)cc1)NCc1ncccc1F. The fourth-order valence-electron chi connectivity index (χ4n) is 1.58. The molecular weight excluding hydrogens is 250 g/mol. The number of nitrogens with zero attached hydrogens (tertiary/aromatic N) is 1. The van der Waals surface area contributed by atoms with E-state index < -0.39 is 5.82 Å². The second-order valence-electron chi connectivity index (χ2n) is 4.01. The number of halogens is 2. The van der Waals surface area contributed by atoms with Gasteiger partial charge in [-0.15, -0.1) is 0 Å². The Kier molecular flexibility index (Phi) is 4.18. The average molecular weight is 262 g/mol. The molecule has 0 saturated heterocycles. The summed E-state index contributed by atoms with van der Waals surface area (Å²) in [6, 6.07) is 8.43. The minimum absolute atomic E-state index is 0.0344. The van der Waals surface area contributed by atoms with Crippen molar-refractivity contribution in [2.24, 2.45) is 0 Å². The molecule has 1 aromatic heterocycles. The van der Waals surface area contributed by atoms with Gasteiger partial charge in [-0.05, 0) is 29.8 Å². The third-order valence-corrected chi connectivity index (χ3v) is 2.57. The maximum atomic E-state index is 13.3. The van der Waals surface area contributed by atoms with E-state index in [1.807, 2.05) is 0 Å². The summed E-state index contributed by atoms with van der Waals surface area (Å²) in [5, 5.41) is 2.57. The normalized spacial score (nSPS) is 10.2. The van der Waals surface area contributed by atoms with Crippen LogP contribution in [0.5, 0.6) is 0 Å². The summed E-state index contributed by atoms with van der Waals surface area (Å²) in [7, 11) is 0. The molecule has 0 radical (unpaired) electrons. The molecule has 1 heterocycles. The summed E-state index contributed by atoms with van der Waals surface area (Å²) in [6.07, 6.45) is 1.58. The second kappa shape index (κ2) is 6.04. The topological polar surface area (TPSA) is 42.0 Å². The zero-order valence-corrected chi connectivity index (χ0v) is 10.1. The Morgan fingerprint density at radius 1 is 1.16 bits per heavy atom. The van der Waals surface area contributed by atoms with Gasteiger partial charge in [-0.3, -0.25) is 9.78 Å². The maximum absolute atomic E-state index is 13.3. The molecule has 2 rings (SSSR count). The van der Waals surface area contributed by atoms with Crippen LogP contribution in [0.4, 0.5) is 8.78 Å². The summed E-state index contributed by atoms with van der Waals surface area (Å²) in [6.45, 7) is 0.0344. The molecular formula is C14H12F2N2O. The summed E-state index contributed by atoms with van der Waals surface area (Å²) in [5.74, 6) is -1.07. The van der Waals surface area contributed by atoms with Crippen molar-refractivity contribution in [2.45, 2.75) is 13.0 Å². The quantitative estimate of drug-likeness (QED) is 0.918. The van der Waals surface area contributed by atoms with Gasteiger partial charge in [0.15, 0.2) is 0 Å². The van der Waals surface area contributed by atoms with Crippen LogP contribution in [-0.2, 0) is 17.8 Å². The Morgan fingerprint density at radius 3 is 2.58 bits per heavy atom. The third-order valence-electron chi connectivity index (χ3n) is 2.57. The predicted molar refractivity (Wildman–Crippen MR) is 66.1 cm³/mol. The van der Waals surface area contributed by atoms with Crippen molar-refractivity contribution >= 4 is 5.91 Å². The van der Waals surface area contributed by atoms with Crippen molar-refractivity contribution in [1.29, 1.82) is 0 Å². The number of carbonyl (C=O) groups is 1. The van der Waals surface area contributed by atoms with E-state index in [2.05, 4.69) is 10.3 Å². The fraction of sp³-hybridized carbons (Fsp3) is 0.143. The van der Waals surface area contributed by atoms with E-state index in [1.165, 1.54) is 42.6 Å². The molecule has 1 aromatic carbocycles. The van der Waals surface area contributed by atoms with Gasteiger partial charge >= 0.3 is 0 Å². The van der Waals surface area contributed by atoms with E-state index in [1.54, 1.807) is 0 Å². The number of benzene rings is 1. The predicted octanol–water partition coefficient (Wildman–Crippen LogP) is 2.22. The van der Waals surface area contributed by atoms with Gasteiger partial charge < -0.3 is 5.32 Å². The number of hydrogen-bond donors (Lipinski definition) is 1. The van der Waals surface area contributed by atoms with Crippen LogP contribution in [0.3, 0.4) is 0 Å². The molecule has 1 N–H and O–H groups in total. The van der Waals surface area contributed by atoms with E-state index in [-0.39, 0.29) is 30.4 Å². The first kappa shape index (κ1) is 13.1.